The van der Waals surface area contributed by atoms with E-state index >= 15 is 0 Å². The Morgan fingerprint density at radius 1 is 0.882 bits per heavy atom. The zero-order valence-electron chi connectivity index (χ0n) is 19.8. The molecule has 1 aliphatic carbocycles. The zero-order chi connectivity index (χ0) is 22.5. The molecule has 0 saturated carbocycles. The number of nitrogens with zero attached hydrogens (tertiary/aromatic N) is 7. The third-order valence-corrected chi connectivity index (χ3v) is 9.21. The van der Waals surface area contributed by atoms with Crippen molar-refractivity contribution in [3.05, 3.63) is 27.9 Å². The lowest BCUT2D eigenvalue weighted by Crippen LogP contribution is -2.36. The molecule has 2 saturated heterocycles. The van der Waals surface area contributed by atoms with E-state index in [1.54, 1.807) is 0 Å². The summed E-state index contributed by atoms with van der Waals surface area (Å²) in [4.78, 5) is 18.1. The first-order valence-electron chi connectivity index (χ1n) is 13.1. The number of aromatic nitrogens is 5. The summed E-state index contributed by atoms with van der Waals surface area (Å²) in [7, 11) is 0. The summed E-state index contributed by atoms with van der Waals surface area (Å²) >= 11 is 1.91. The van der Waals surface area contributed by atoms with E-state index < -0.39 is 0 Å². The van der Waals surface area contributed by atoms with Gasteiger partial charge in [0.2, 0.25) is 0 Å². The van der Waals surface area contributed by atoms with Gasteiger partial charge >= 0.3 is 0 Å². The van der Waals surface area contributed by atoms with Gasteiger partial charge in [-0.2, -0.15) is 0 Å². The molecule has 0 aromatic carbocycles. The largest absolute Gasteiger partial charge is 0.379 e. The van der Waals surface area contributed by atoms with Crippen LogP contribution in [0.1, 0.15) is 72.5 Å². The molecule has 0 amide bonds. The summed E-state index contributed by atoms with van der Waals surface area (Å²) < 4.78 is 7.99. The molecular weight excluding hydrogens is 446 g/mol. The quantitative estimate of drug-likeness (QED) is 0.565. The number of ether oxygens (including phenoxy) is 1. The van der Waals surface area contributed by atoms with Gasteiger partial charge in [-0.25, -0.2) is 9.97 Å². The van der Waals surface area contributed by atoms with Gasteiger partial charge in [-0.3, -0.25) is 4.90 Å². The molecule has 0 radical (unpaired) electrons. The molecule has 1 unspecified atom stereocenters. The number of fused-ring (bicyclic) bond motifs is 4. The van der Waals surface area contributed by atoms with Crippen LogP contribution >= 0.6 is 11.3 Å². The lowest BCUT2D eigenvalue weighted by atomic mass is 10.1. The molecule has 4 aliphatic rings. The SMILES string of the molecule is C1CCc2nnc(C3CCCN3c3nc(CN4CCOCC4)nc4sc5c(c34)CCC5)n2CC1. The average molecular weight is 480 g/mol. The first-order chi connectivity index (χ1) is 16.8. The molecule has 0 N–H and O–H groups in total. The highest BCUT2D eigenvalue weighted by atomic mass is 32.1. The molecule has 2 fully saturated rings. The van der Waals surface area contributed by atoms with E-state index in [9.17, 15) is 0 Å². The van der Waals surface area contributed by atoms with Crippen LogP contribution < -0.4 is 4.90 Å². The van der Waals surface area contributed by atoms with E-state index in [0.29, 0.717) is 0 Å². The smallest absolute Gasteiger partial charge is 0.155 e. The number of anilines is 1. The van der Waals surface area contributed by atoms with Gasteiger partial charge in [0.1, 0.15) is 22.3 Å². The van der Waals surface area contributed by atoms with Crippen LogP contribution in [0.25, 0.3) is 10.2 Å². The predicted octanol–water partition coefficient (Wildman–Crippen LogP) is 3.67. The Morgan fingerprint density at radius 2 is 1.82 bits per heavy atom. The van der Waals surface area contributed by atoms with Crippen molar-refractivity contribution < 1.29 is 4.74 Å². The molecule has 34 heavy (non-hydrogen) atoms. The fourth-order valence-electron chi connectivity index (χ4n) is 6.30. The number of hydrogen-bond donors (Lipinski definition) is 0. The van der Waals surface area contributed by atoms with Crippen LogP contribution in [0.3, 0.4) is 0 Å². The summed E-state index contributed by atoms with van der Waals surface area (Å²) in [6, 6.07) is 0.255. The van der Waals surface area contributed by atoms with E-state index in [2.05, 4.69) is 19.5 Å². The van der Waals surface area contributed by atoms with E-state index in [4.69, 9.17) is 19.8 Å². The number of aryl methyl sites for hydroxylation is 3. The third kappa shape index (κ3) is 3.63. The molecule has 9 heteroatoms. The second-order valence-corrected chi connectivity index (χ2v) is 11.3. The maximum Gasteiger partial charge on any atom is 0.155 e. The molecule has 7 rings (SSSR count). The molecule has 6 heterocycles. The fraction of sp³-hybridized carbons (Fsp3) is 0.680. The Bertz CT molecular complexity index is 1200. The zero-order valence-corrected chi connectivity index (χ0v) is 20.7. The Kier molecular flexibility index (Phi) is 5.51. The minimum atomic E-state index is 0.255. The molecule has 3 aromatic heterocycles. The molecule has 3 aromatic rings. The van der Waals surface area contributed by atoms with Gasteiger partial charge in [0.25, 0.3) is 0 Å². The molecule has 180 valence electrons. The van der Waals surface area contributed by atoms with Crippen LogP contribution in [0.4, 0.5) is 5.82 Å². The Hall–Kier alpha value is -2.10. The molecule has 3 aliphatic heterocycles. The van der Waals surface area contributed by atoms with Gasteiger partial charge in [-0.15, -0.1) is 21.5 Å². The second kappa shape index (κ2) is 8.84. The number of thiophene rings is 1. The van der Waals surface area contributed by atoms with Crippen LogP contribution in [0.15, 0.2) is 0 Å². The Balaban J connectivity index is 1.30. The first-order valence-corrected chi connectivity index (χ1v) is 14.0. The van der Waals surface area contributed by atoms with Crippen LogP contribution in [0.2, 0.25) is 0 Å². The summed E-state index contributed by atoms with van der Waals surface area (Å²) in [6.45, 7) is 6.39. The lowest BCUT2D eigenvalue weighted by molar-refractivity contribution is 0.0331. The Labute approximate surface area is 204 Å². The van der Waals surface area contributed by atoms with Crippen molar-refractivity contribution in [1.82, 2.24) is 29.6 Å². The predicted molar refractivity (Wildman–Crippen MR) is 132 cm³/mol. The van der Waals surface area contributed by atoms with E-state index in [1.807, 2.05) is 11.3 Å². The molecular formula is C25H33N7OS. The minimum Gasteiger partial charge on any atom is -0.379 e. The minimum absolute atomic E-state index is 0.255. The molecule has 0 bridgehead atoms. The summed E-state index contributed by atoms with van der Waals surface area (Å²) in [6.07, 6.45) is 10.7. The molecule has 8 nitrogen and oxygen atoms in total. The topological polar surface area (TPSA) is 72.2 Å². The van der Waals surface area contributed by atoms with Crippen molar-refractivity contribution in [1.29, 1.82) is 0 Å². The van der Waals surface area contributed by atoms with Crippen LogP contribution in [0, 0.1) is 0 Å². The van der Waals surface area contributed by atoms with Crippen LogP contribution in [-0.4, -0.2) is 62.5 Å². The molecule has 1 atom stereocenters. The van der Waals surface area contributed by atoms with Crippen molar-refractivity contribution in [3.63, 3.8) is 0 Å². The van der Waals surface area contributed by atoms with E-state index in [1.165, 1.54) is 65.0 Å². The maximum atomic E-state index is 5.56. The van der Waals surface area contributed by atoms with Crippen molar-refractivity contribution in [3.8, 4) is 0 Å². The highest BCUT2D eigenvalue weighted by Crippen LogP contribution is 2.44. The fourth-order valence-corrected chi connectivity index (χ4v) is 7.57. The standard InChI is InChI=1S/C25H33N7OS/c1-2-9-21-28-29-23(32(21)10-3-1)18-7-5-11-31(18)24-22-17-6-4-8-19(17)34-25(22)27-20(26-24)16-30-12-14-33-15-13-30/h18H,1-16H2. The number of morpholine rings is 1. The number of hydrogen-bond acceptors (Lipinski definition) is 8. The Morgan fingerprint density at radius 3 is 2.76 bits per heavy atom. The summed E-state index contributed by atoms with van der Waals surface area (Å²) in [5.41, 5.74) is 1.51. The van der Waals surface area contributed by atoms with Crippen LogP contribution in [-0.2, 0) is 37.1 Å². The second-order valence-electron chi connectivity index (χ2n) is 10.2. The highest BCUT2D eigenvalue weighted by molar-refractivity contribution is 7.19. The van der Waals surface area contributed by atoms with Gasteiger partial charge in [0.05, 0.1) is 31.2 Å². The van der Waals surface area contributed by atoms with E-state index in [-0.39, 0.29) is 6.04 Å². The first kappa shape index (κ1) is 21.2. The van der Waals surface area contributed by atoms with Crippen molar-refractivity contribution in [2.75, 3.05) is 37.7 Å². The van der Waals surface area contributed by atoms with Crippen molar-refractivity contribution >= 4 is 27.4 Å². The third-order valence-electron chi connectivity index (χ3n) is 8.02. The van der Waals surface area contributed by atoms with Crippen molar-refractivity contribution in [2.24, 2.45) is 0 Å². The van der Waals surface area contributed by atoms with Gasteiger partial charge in [0, 0.05) is 37.5 Å². The monoisotopic (exact) mass is 479 g/mol. The van der Waals surface area contributed by atoms with Gasteiger partial charge in [-0.05, 0) is 50.5 Å². The number of rotatable bonds is 4. The summed E-state index contributed by atoms with van der Waals surface area (Å²) in [5.74, 6) is 4.44. The van der Waals surface area contributed by atoms with Gasteiger partial charge < -0.3 is 14.2 Å². The normalized spacial score (nSPS) is 23.4. The van der Waals surface area contributed by atoms with Crippen LogP contribution in [0.5, 0.6) is 0 Å². The van der Waals surface area contributed by atoms with E-state index in [0.717, 1.165) is 82.7 Å². The van der Waals surface area contributed by atoms with Crippen molar-refractivity contribution in [2.45, 2.75) is 76.9 Å². The highest BCUT2D eigenvalue weighted by Gasteiger charge is 2.35. The van der Waals surface area contributed by atoms with Gasteiger partial charge in [0.15, 0.2) is 5.82 Å². The average Bonchev–Trinajstić information content (AvgIpc) is 3.61. The summed E-state index contributed by atoms with van der Waals surface area (Å²) in [5, 5.41) is 10.7. The lowest BCUT2D eigenvalue weighted by Gasteiger charge is -2.28. The van der Waals surface area contributed by atoms with Gasteiger partial charge in [-0.1, -0.05) is 6.42 Å². The molecule has 0 spiro atoms. The maximum absolute atomic E-state index is 5.56.